The topological polar surface area (TPSA) is 17.0 Å². The summed E-state index contributed by atoms with van der Waals surface area (Å²) in [6, 6.07) is 12.9. The van der Waals surface area contributed by atoms with E-state index in [-0.39, 0.29) is 0 Å². The van der Waals surface area contributed by atoms with Gasteiger partial charge in [0.05, 0.1) is 3.79 Å². The van der Waals surface area contributed by atoms with Crippen molar-refractivity contribution in [3.63, 3.8) is 0 Å². The summed E-state index contributed by atoms with van der Waals surface area (Å²) in [7, 11) is 2.16. The van der Waals surface area contributed by atoms with Crippen molar-refractivity contribution >= 4 is 38.2 Å². The average molecular weight is 363 g/mol. The van der Waals surface area contributed by atoms with Gasteiger partial charge in [0.25, 0.3) is 0 Å². The number of nitrogens with one attached hydrogen (secondary N) is 1. The number of benzene rings is 1. The first-order valence-corrected chi connectivity index (χ1v) is 8.75. The van der Waals surface area contributed by atoms with E-state index in [4.69, 9.17) is 0 Å². The van der Waals surface area contributed by atoms with Crippen molar-refractivity contribution < 1.29 is 0 Å². The Morgan fingerprint density at radius 3 is 2.71 bits per heavy atom. The first-order chi connectivity index (χ1) is 10.2. The molecule has 0 fully saturated rings. The SMILES string of the molecule is Cc1c(CNCCc2ccc(Br)s2)n(C)c2ccccc12. The molecule has 21 heavy (non-hydrogen) atoms. The highest BCUT2D eigenvalue weighted by Gasteiger charge is 2.10. The van der Waals surface area contributed by atoms with Crippen LogP contribution in [0.2, 0.25) is 0 Å². The third kappa shape index (κ3) is 3.07. The second-order valence-corrected chi connectivity index (χ2v) is 7.83. The summed E-state index contributed by atoms with van der Waals surface area (Å²) in [4.78, 5) is 1.42. The molecule has 2 heterocycles. The van der Waals surface area contributed by atoms with Gasteiger partial charge >= 0.3 is 0 Å². The summed E-state index contributed by atoms with van der Waals surface area (Å²) in [5, 5.41) is 4.93. The molecule has 0 unspecified atom stereocenters. The number of aromatic nitrogens is 1. The van der Waals surface area contributed by atoms with E-state index in [0.29, 0.717) is 0 Å². The van der Waals surface area contributed by atoms with Crippen molar-refractivity contribution in [3.05, 3.63) is 56.3 Å². The summed E-state index contributed by atoms with van der Waals surface area (Å²) < 4.78 is 3.52. The van der Waals surface area contributed by atoms with Crippen LogP contribution in [0, 0.1) is 6.92 Å². The first kappa shape index (κ1) is 14.8. The highest BCUT2D eigenvalue weighted by molar-refractivity contribution is 9.11. The molecule has 0 aliphatic heterocycles. The number of aryl methyl sites for hydroxylation is 2. The lowest BCUT2D eigenvalue weighted by Gasteiger charge is -2.07. The van der Waals surface area contributed by atoms with Gasteiger partial charge in [-0.1, -0.05) is 18.2 Å². The van der Waals surface area contributed by atoms with Crippen LogP contribution in [0.4, 0.5) is 0 Å². The number of nitrogens with zero attached hydrogens (tertiary/aromatic N) is 1. The van der Waals surface area contributed by atoms with Gasteiger partial charge in [0.1, 0.15) is 0 Å². The molecule has 0 amide bonds. The van der Waals surface area contributed by atoms with E-state index < -0.39 is 0 Å². The maximum atomic E-state index is 3.57. The zero-order valence-electron chi connectivity index (χ0n) is 12.3. The molecule has 0 saturated heterocycles. The molecule has 0 bridgehead atoms. The molecule has 0 saturated carbocycles. The Morgan fingerprint density at radius 1 is 1.19 bits per heavy atom. The Balaban J connectivity index is 1.65. The minimum Gasteiger partial charge on any atom is -0.346 e. The summed E-state index contributed by atoms with van der Waals surface area (Å²) in [6.07, 6.45) is 1.08. The molecule has 0 spiro atoms. The third-order valence-corrected chi connectivity index (χ3v) is 5.66. The fourth-order valence-corrected chi connectivity index (χ4v) is 4.27. The molecule has 110 valence electrons. The number of thiophene rings is 1. The Hall–Kier alpha value is -1.10. The zero-order chi connectivity index (χ0) is 14.8. The molecule has 0 atom stereocenters. The quantitative estimate of drug-likeness (QED) is 0.654. The van der Waals surface area contributed by atoms with E-state index in [0.717, 1.165) is 19.5 Å². The van der Waals surface area contributed by atoms with Gasteiger partial charge in [-0.05, 0) is 53.0 Å². The van der Waals surface area contributed by atoms with Gasteiger partial charge in [0, 0.05) is 41.6 Å². The predicted molar refractivity (Wildman–Crippen MR) is 95.1 cm³/mol. The molecule has 0 aliphatic carbocycles. The third-order valence-electron chi connectivity index (χ3n) is 3.98. The number of hydrogen-bond acceptors (Lipinski definition) is 2. The smallest absolute Gasteiger partial charge is 0.0701 e. The Morgan fingerprint density at radius 2 is 2.00 bits per heavy atom. The Kier molecular flexibility index (Phi) is 4.48. The van der Waals surface area contributed by atoms with Crippen LogP contribution in [0.5, 0.6) is 0 Å². The lowest BCUT2D eigenvalue weighted by atomic mass is 10.1. The van der Waals surface area contributed by atoms with Crippen molar-refractivity contribution in [3.8, 4) is 0 Å². The Bertz CT molecular complexity index is 718. The molecule has 1 aromatic carbocycles. The van der Waals surface area contributed by atoms with E-state index in [1.165, 1.54) is 30.8 Å². The number of fused-ring (bicyclic) bond motifs is 1. The summed E-state index contributed by atoms with van der Waals surface area (Å²) in [5.41, 5.74) is 4.08. The van der Waals surface area contributed by atoms with Crippen LogP contribution in [0.3, 0.4) is 0 Å². The van der Waals surface area contributed by atoms with E-state index in [1.54, 1.807) is 0 Å². The van der Waals surface area contributed by atoms with Gasteiger partial charge in [-0.2, -0.15) is 0 Å². The van der Waals surface area contributed by atoms with Gasteiger partial charge < -0.3 is 9.88 Å². The molecule has 2 aromatic heterocycles. The van der Waals surface area contributed by atoms with Crippen molar-refractivity contribution in [1.82, 2.24) is 9.88 Å². The summed E-state index contributed by atoms with van der Waals surface area (Å²) in [5.74, 6) is 0. The standard InChI is InChI=1S/C17H19BrN2S/c1-12-14-5-3-4-6-15(14)20(2)16(12)11-19-10-9-13-7-8-17(18)21-13/h3-8,19H,9-11H2,1-2H3. The van der Waals surface area contributed by atoms with Crippen molar-refractivity contribution in [2.24, 2.45) is 7.05 Å². The number of rotatable bonds is 5. The molecule has 3 aromatic rings. The normalized spacial score (nSPS) is 11.4. The predicted octanol–water partition coefficient (Wildman–Crippen LogP) is 4.64. The minimum absolute atomic E-state index is 0.920. The van der Waals surface area contributed by atoms with Crippen LogP contribution in [0.25, 0.3) is 10.9 Å². The van der Waals surface area contributed by atoms with E-state index in [1.807, 2.05) is 11.3 Å². The molecule has 0 aliphatic rings. The second kappa shape index (κ2) is 6.34. The van der Waals surface area contributed by atoms with E-state index in [2.05, 4.69) is 76.2 Å². The lowest BCUT2D eigenvalue weighted by Crippen LogP contribution is -2.18. The van der Waals surface area contributed by atoms with Gasteiger partial charge in [-0.3, -0.25) is 0 Å². The Labute approximate surface area is 137 Å². The fraction of sp³-hybridized carbons (Fsp3) is 0.294. The second-order valence-electron chi connectivity index (χ2n) is 5.28. The number of hydrogen-bond donors (Lipinski definition) is 1. The minimum atomic E-state index is 0.920. The molecule has 0 radical (unpaired) electrons. The van der Waals surface area contributed by atoms with Crippen LogP contribution < -0.4 is 5.32 Å². The highest BCUT2D eigenvalue weighted by atomic mass is 79.9. The average Bonchev–Trinajstić information content (AvgIpc) is 3.00. The van der Waals surface area contributed by atoms with Gasteiger partial charge in [-0.15, -0.1) is 11.3 Å². The van der Waals surface area contributed by atoms with Crippen LogP contribution in [0.1, 0.15) is 16.1 Å². The highest BCUT2D eigenvalue weighted by Crippen LogP contribution is 2.24. The van der Waals surface area contributed by atoms with Gasteiger partial charge in [0.15, 0.2) is 0 Å². The lowest BCUT2D eigenvalue weighted by molar-refractivity contribution is 0.656. The number of halogens is 1. The molecule has 3 rings (SSSR count). The van der Waals surface area contributed by atoms with Crippen molar-refractivity contribution in [2.75, 3.05) is 6.54 Å². The van der Waals surface area contributed by atoms with Crippen LogP contribution in [-0.4, -0.2) is 11.1 Å². The molecule has 1 N–H and O–H groups in total. The van der Waals surface area contributed by atoms with Crippen molar-refractivity contribution in [1.29, 1.82) is 0 Å². The fourth-order valence-electron chi connectivity index (χ4n) is 2.79. The first-order valence-electron chi connectivity index (χ1n) is 7.14. The summed E-state index contributed by atoms with van der Waals surface area (Å²) in [6.45, 7) is 4.15. The maximum absolute atomic E-state index is 3.57. The van der Waals surface area contributed by atoms with Crippen LogP contribution >= 0.6 is 27.3 Å². The molecule has 4 heteroatoms. The molecule has 2 nitrogen and oxygen atoms in total. The largest absolute Gasteiger partial charge is 0.346 e. The molecular formula is C17H19BrN2S. The monoisotopic (exact) mass is 362 g/mol. The van der Waals surface area contributed by atoms with Crippen LogP contribution in [0.15, 0.2) is 40.2 Å². The zero-order valence-corrected chi connectivity index (χ0v) is 14.7. The molecular weight excluding hydrogens is 344 g/mol. The van der Waals surface area contributed by atoms with Crippen molar-refractivity contribution in [2.45, 2.75) is 19.9 Å². The van der Waals surface area contributed by atoms with Gasteiger partial charge in [0.2, 0.25) is 0 Å². The van der Waals surface area contributed by atoms with Gasteiger partial charge in [-0.25, -0.2) is 0 Å². The van der Waals surface area contributed by atoms with Crippen LogP contribution in [-0.2, 0) is 20.0 Å². The van der Waals surface area contributed by atoms with E-state index in [9.17, 15) is 0 Å². The maximum Gasteiger partial charge on any atom is 0.0701 e. The summed E-state index contributed by atoms with van der Waals surface area (Å²) >= 11 is 5.33. The number of para-hydroxylation sites is 1. The van der Waals surface area contributed by atoms with E-state index >= 15 is 0 Å².